The molecule has 0 spiro atoms. The highest BCUT2D eigenvalue weighted by atomic mass is 19.1. The highest BCUT2D eigenvalue weighted by molar-refractivity contribution is 5.39. The molecule has 3 rings (SSSR count). The van der Waals surface area contributed by atoms with Crippen molar-refractivity contribution >= 4 is 0 Å². The number of halogens is 1. The monoisotopic (exact) mass is 296 g/mol. The summed E-state index contributed by atoms with van der Waals surface area (Å²) in [6, 6.07) is 12.8. The molecule has 0 N–H and O–H groups in total. The van der Waals surface area contributed by atoms with Crippen molar-refractivity contribution in [1.29, 1.82) is 5.26 Å². The Bertz CT molecular complexity index is 736. The van der Waals surface area contributed by atoms with Crippen LogP contribution in [-0.2, 0) is 19.5 Å². The molecule has 2 aromatic rings. The van der Waals surface area contributed by atoms with Gasteiger partial charge in [0.15, 0.2) is 0 Å². The number of fused-ring (bicyclic) bond motifs is 1. The third kappa shape index (κ3) is 3.10. The molecule has 0 atom stereocenters. The topological polar surface area (TPSA) is 36.3 Å². The largest absolute Gasteiger partial charge is 0.493 e. The number of benzene rings is 2. The summed E-state index contributed by atoms with van der Waals surface area (Å²) in [5.41, 5.74) is 3.39. The van der Waals surface area contributed by atoms with Crippen LogP contribution in [0.2, 0.25) is 0 Å². The van der Waals surface area contributed by atoms with Gasteiger partial charge in [-0.2, -0.15) is 5.26 Å². The highest BCUT2D eigenvalue weighted by Crippen LogP contribution is 2.26. The lowest BCUT2D eigenvalue weighted by atomic mass is 10.1. The predicted octanol–water partition coefficient (Wildman–Crippen LogP) is 3.26. The van der Waals surface area contributed by atoms with E-state index in [-0.39, 0.29) is 5.82 Å². The van der Waals surface area contributed by atoms with E-state index in [1.54, 1.807) is 12.1 Å². The van der Waals surface area contributed by atoms with Crippen LogP contribution in [0.1, 0.15) is 22.3 Å². The average molecular weight is 296 g/mol. The van der Waals surface area contributed by atoms with Crippen LogP contribution in [0.15, 0.2) is 36.4 Å². The fourth-order valence-electron chi connectivity index (χ4n) is 2.74. The fraction of sp³-hybridized carbons (Fsp3) is 0.278. The first-order valence-electron chi connectivity index (χ1n) is 7.27. The summed E-state index contributed by atoms with van der Waals surface area (Å²) >= 11 is 0. The fourth-order valence-corrected chi connectivity index (χ4v) is 2.74. The summed E-state index contributed by atoms with van der Waals surface area (Å²) in [7, 11) is 1.96. The van der Waals surface area contributed by atoms with Crippen molar-refractivity contribution in [3.05, 3.63) is 64.5 Å². The van der Waals surface area contributed by atoms with Gasteiger partial charge in [0.05, 0.1) is 18.2 Å². The first-order valence-corrected chi connectivity index (χ1v) is 7.27. The van der Waals surface area contributed by atoms with Crippen molar-refractivity contribution in [2.75, 3.05) is 13.7 Å². The average Bonchev–Trinajstić information content (AvgIpc) is 2.96. The Hall–Kier alpha value is -2.38. The Morgan fingerprint density at radius 3 is 2.86 bits per heavy atom. The Balaban J connectivity index is 1.67. The van der Waals surface area contributed by atoms with Gasteiger partial charge in [-0.15, -0.1) is 0 Å². The van der Waals surface area contributed by atoms with E-state index in [0.717, 1.165) is 25.3 Å². The smallest absolute Gasteiger partial charge is 0.129 e. The Kier molecular flexibility index (Phi) is 4.08. The van der Waals surface area contributed by atoms with Gasteiger partial charge in [0.2, 0.25) is 0 Å². The summed E-state index contributed by atoms with van der Waals surface area (Å²) in [6.07, 6.45) is 0.955. The van der Waals surface area contributed by atoms with Crippen molar-refractivity contribution in [3.63, 3.8) is 0 Å². The summed E-state index contributed by atoms with van der Waals surface area (Å²) in [6.45, 7) is 2.00. The van der Waals surface area contributed by atoms with Crippen LogP contribution in [-0.4, -0.2) is 18.6 Å². The molecule has 1 aliphatic rings. The second kappa shape index (κ2) is 6.17. The molecule has 4 heteroatoms. The van der Waals surface area contributed by atoms with E-state index in [9.17, 15) is 4.39 Å². The van der Waals surface area contributed by atoms with E-state index in [1.807, 2.05) is 19.2 Å². The maximum Gasteiger partial charge on any atom is 0.129 e. The summed E-state index contributed by atoms with van der Waals surface area (Å²) in [5.74, 6) is 0.651. The summed E-state index contributed by atoms with van der Waals surface area (Å²) < 4.78 is 19.4. The zero-order valence-corrected chi connectivity index (χ0v) is 12.5. The van der Waals surface area contributed by atoms with E-state index < -0.39 is 0 Å². The zero-order chi connectivity index (χ0) is 15.5. The van der Waals surface area contributed by atoms with Gasteiger partial charge >= 0.3 is 0 Å². The van der Waals surface area contributed by atoms with Crippen LogP contribution in [0.5, 0.6) is 5.75 Å². The lowest BCUT2D eigenvalue weighted by Gasteiger charge is -2.17. The van der Waals surface area contributed by atoms with E-state index in [2.05, 4.69) is 17.0 Å². The molecule has 112 valence electrons. The molecule has 0 bridgehead atoms. The van der Waals surface area contributed by atoms with Crippen molar-refractivity contribution in [3.8, 4) is 11.8 Å². The highest BCUT2D eigenvalue weighted by Gasteiger charge is 2.13. The molecule has 0 fully saturated rings. The van der Waals surface area contributed by atoms with Crippen molar-refractivity contribution < 1.29 is 9.13 Å². The Morgan fingerprint density at radius 2 is 2.09 bits per heavy atom. The molecule has 0 amide bonds. The van der Waals surface area contributed by atoms with Crippen LogP contribution < -0.4 is 4.74 Å². The molecule has 22 heavy (non-hydrogen) atoms. The zero-order valence-electron chi connectivity index (χ0n) is 12.5. The normalized spacial score (nSPS) is 12.8. The number of nitrogens with zero attached hydrogens (tertiary/aromatic N) is 2. The quantitative estimate of drug-likeness (QED) is 0.869. The number of rotatable bonds is 4. The number of ether oxygens (including phenoxy) is 1. The summed E-state index contributed by atoms with van der Waals surface area (Å²) in [4.78, 5) is 2.06. The van der Waals surface area contributed by atoms with Gasteiger partial charge in [-0.3, -0.25) is 4.90 Å². The van der Waals surface area contributed by atoms with Crippen molar-refractivity contribution in [2.24, 2.45) is 0 Å². The Labute approximate surface area is 129 Å². The molecule has 0 aliphatic carbocycles. The molecule has 0 aromatic heterocycles. The molecule has 1 heterocycles. The van der Waals surface area contributed by atoms with Crippen LogP contribution in [0.4, 0.5) is 4.39 Å². The standard InChI is InChI=1S/C18H17FN2O/c1-21(12-16-4-2-13(10-20)9-17(16)19)11-14-3-5-18-15(8-14)6-7-22-18/h2-5,8-9H,6-7,11-12H2,1H3. The van der Waals surface area contributed by atoms with Crippen molar-refractivity contribution in [2.45, 2.75) is 19.5 Å². The van der Waals surface area contributed by atoms with Gasteiger partial charge in [-0.05, 0) is 36.4 Å². The van der Waals surface area contributed by atoms with E-state index in [0.29, 0.717) is 17.7 Å². The molecule has 0 radical (unpaired) electrons. The number of hydrogen-bond donors (Lipinski definition) is 0. The molecule has 3 nitrogen and oxygen atoms in total. The van der Waals surface area contributed by atoms with Gasteiger partial charge in [0.1, 0.15) is 11.6 Å². The second-order valence-corrected chi connectivity index (χ2v) is 5.63. The van der Waals surface area contributed by atoms with Gasteiger partial charge < -0.3 is 4.74 Å². The lowest BCUT2D eigenvalue weighted by Crippen LogP contribution is -2.18. The van der Waals surface area contributed by atoms with Crippen LogP contribution in [0, 0.1) is 17.1 Å². The van der Waals surface area contributed by atoms with E-state index in [1.165, 1.54) is 17.2 Å². The minimum atomic E-state index is -0.326. The van der Waals surface area contributed by atoms with Gasteiger partial charge in [0.25, 0.3) is 0 Å². The Morgan fingerprint density at radius 1 is 1.23 bits per heavy atom. The molecule has 2 aromatic carbocycles. The first-order chi connectivity index (χ1) is 10.7. The van der Waals surface area contributed by atoms with Crippen molar-refractivity contribution in [1.82, 2.24) is 4.90 Å². The SMILES string of the molecule is CN(Cc1ccc2c(c1)CCO2)Cc1ccc(C#N)cc1F. The lowest BCUT2D eigenvalue weighted by molar-refractivity contribution is 0.313. The number of hydrogen-bond acceptors (Lipinski definition) is 3. The molecule has 0 saturated heterocycles. The minimum Gasteiger partial charge on any atom is -0.493 e. The third-order valence-electron chi connectivity index (χ3n) is 3.83. The molecule has 0 saturated carbocycles. The van der Waals surface area contributed by atoms with Gasteiger partial charge in [0, 0.05) is 25.1 Å². The van der Waals surface area contributed by atoms with Crippen LogP contribution >= 0.6 is 0 Å². The van der Waals surface area contributed by atoms with Gasteiger partial charge in [-0.1, -0.05) is 18.2 Å². The maximum absolute atomic E-state index is 13.9. The maximum atomic E-state index is 13.9. The molecular formula is C18H17FN2O. The summed E-state index contributed by atoms with van der Waals surface area (Å²) in [5, 5.41) is 8.77. The molecule has 0 unspecified atom stereocenters. The number of nitriles is 1. The predicted molar refractivity (Wildman–Crippen MR) is 81.9 cm³/mol. The van der Waals surface area contributed by atoms with E-state index in [4.69, 9.17) is 10.00 Å². The van der Waals surface area contributed by atoms with Crippen LogP contribution in [0.25, 0.3) is 0 Å². The van der Waals surface area contributed by atoms with E-state index >= 15 is 0 Å². The van der Waals surface area contributed by atoms with Gasteiger partial charge in [-0.25, -0.2) is 4.39 Å². The van der Waals surface area contributed by atoms with Crippen LogP contribution in [0.3, 0.4) is 0 Å². The molecular weight excluding hydrogens is 279 g/mol. The second-order valence-electron chi connectivity index (χ2n) is 5.63. The minimum absolute atomic E-state index is 0.326. The first kappa shape index (κ1) is 14.6. The third-order valence-corrected chi connectivity index (χ3v) is 3.83. The molecule has 1 aliphatic heterocycles.